The number of hydrogen-bond donors (Lipinski definition) is 1. The van der Waals surface area contributed by atoms with Crippen molar-refractivity contribution in [3.05, 3.63) is 30.5 Å². The van der Waals surface area contributed by atoms with Gasteiger partial charge in [-0.1, -0.05) is 12.1 Å². The summed E-state index contributed by atoms with van der Waals surface area (Å²) in [5.41, 5.74) is 0. The van der Waals surface area contributed by atoms with Crippen LogP contribution in [0.2, 0.25) is 0 Å². The van der Waals surface area contributed by atoms with Gasteiger partial charge in [-0.3, -0.25) is 4.79 Å². The van der Waals surface area contributed by atoms with E-state index in [4.69, 9.17) is 9.84 Å². The Morgan fingerprint density at radius 1 is 1.33 bits per heavy atom. The zero-order chi connectivity index (χ0) is 14.8. The maximum atomic E-state index is 11.1. The molecule has 0 spiro atoms. The van der Waals surface area contributed by atoms with Crippen molar-refractivity contribution in [3.8, 4) is 5.75 Å². The molecule has 0 radical (unpaired) electrons. The lowest BCUT2D eigenvalue weighted by atomic mass is 9.97. The van der Waals surface area contributed by atoms with Crippen molar-refractivity contribution in [2.75, 3.05) is 25.1 Å². The first kappa shape index (κ1) is 13.7. The highest BCUT2D eigenvalue weighted by molar-refractivity contribution is 5.97. The molecule has 1 fully saturated rings. The Balaban J connectivity index is 1.96. The van der Waals surface area contributed by atoms with Crippen molar-refractivity contribution < 1.29 is 14.6 Å². The number of benzene rings is 1. The minimum Gasteiger partial charge on any atom is -0.496 e. The lowest BCUT2D eigenvalue weighted by Crippen LogP contribution is -2.36. The summed E-state index contributed by atoms with van der Waals surface area (Å²) in [6.07, 6.45) is 3.10. The number of nitrogens with zero attached hydrogens (tertiary/aromatic N) is 2. The fraction of sp³-hybridized carbons (Fsp3) is 0.375. The smallest absolute Gasteiger partial charge is 0.306 e. The number of aromatic nitrogens is 1. The van der Waals surface area contributed by atoms with Gasteiger partial charge in [0.15, 0.2) is 0 Å². The van der Waals surface area contributed by atoms with Gasteiger partial charge in [0.1, 0.15) is 11.6 Å². The van der Waals surface area contributed by atoms with E-state index in [1.54, 1.807) is 13.3 Å². The number of rotatable bonds is 3. The van der Waals surface area contributed by atoms with Crippen molar-refractivity contribution >= 4 is 22.6 Å². The van der Waals surface area contributed by atoms with Crippen LogP contribution in [0.5, 0.6) is 5.75 Å². The van der Waals surface area contributed by atoms with Crippen LogP contribution in [0.25, 0.3) is 10.8 Å². The normalized spacial score (nSPS) is 16.1. The zero-order valence-corrected chi connectivity index (χ0v) is 12.0. The summed E-state index contributed by atoms with van der Waals surface area (Å²) in [4.78, 5) is 17.7. The van der Waals surface area contributed by atoms with Crippen LogP contribution >= 0.6 is 0 Å². The summed E-state index contributed by atoms with van der Waals surface area (Å²) in [5, 5.41) is 11.2. The van der Waals surface area contributed by atoms with Crippen LogP contribution in [0, 0.1) is 5.92 Å². The number of methoxy groups -OCH3 is 1. The van der Waals surface area contributed by atoms with Crippen molar-refractivity contribution in [2.24, 2.45) is 5.92 Å². The zero-order valence-electron chi connectivity index (χ0n) is 12.0. The van der Waals surface area contributed by atoms with Gasteiger partial charge in [-0.2, -0.15) is 0 Å². The number of carboxylic acids is 1. The molecule has 1 saturated heterocycles. The number of carboxylic acid groups (broad SMARTS) is 1. The van der Waals surface area contributed by atoms with E-state index >= 15 is 0 Å². The maximum absolute atomic E-state index is 11.1. The molecule has 0 saturated carbocycles. The summed E-state index contributed by atoms with van der Waals surface area (Å²) >= 11 is 0. The van der Waals surface area contributed by atoms with E-state index in [0.29, 0.717) is 25.9 Å². The summed E-state index contributed by atoms with van der Waals surface area (Å²) in [5.74, 6) is 0.751. The molecule has 0 bridgehead atoms. The van der Waals surface area contributed by atoms with Crippen LogP contribution < -0.4 is 9.64 Å². The Kier molecular flexibility index (Phi) is 3.64. The third-order valence-electron chi connectivity index (χ3n) is 4.10. The lowest BCUT2D eigenvalue weighted by molar-refractivity contribution is -0.142. The quantitative estimate of drug-likeness (QED) is 0.939. The minimum absolute atomic E-state index is 0.238. The molecule has 1 N–H and O–H groups in total. The monoisotopic (exact) mass is 286 g/mol. The average molecular weight is 286 g/mol. The van der Waals surface area contributed by atoms with E-state index in [1.807, 2.05) is 24.3 Å². The topological polar surface area (TPSA) is 62.7 Å². The van der Waals surface area contributed by atoms with E-state index in [9.17, 15) is 4.79 Å². The lowest BCUT2D eigenvalue weighted by Gasteiger charge is -2.31. The molecule has 0 amide bonds. The second-order valence-corrected chi connectivity index (χ2v) is 5.29. The predicted octanol–water partition coefficient (Wildman–Crippen LogP) is 2.54. The van der Waals surface area contributed by atoms with Gasteiger partial charge in [0.05, 0.1) is 18.4 Å². The first-order chi connectivity index (χ1) is 10.2. The molecular weight excluding hydrogens is 268 g/mol. The first-order valence-corrected chi connectivity index (χ1v) is 7.10. The molecule has 1 aromatic heterocycles. The number of pyridine rings is 1. The predicted molar refractivity (Wildman–Crippen MR) is 80.9 cm³/mol. The Morgan fingerprint density at radius 2 is 2.10 bits per heavy atom. The van der Waals surface area contributed by atoms with E-state index in [-0.39, 0.29) is 5.92 Å². The number of piperidine rings is 1. The van der Waals surface area contributed by atoms with Gasteiger partial charge in [-0.25, -0.2) is 4.98 Å². The summed E-state index contributed by atoms with van der Waals surface area (Å²) in [6, 6.07) is 7.89. The van der Waals surface area contributed by atoms with Gasteiger partial charge in [0.25, 0.3) is 0 Å². The highest BCUT2D eigenvalue weighted by atomic mass is 16.5. The van der Waals surface area contributed by atoms with E-state index < -0.39 is 5.97 Å². The highest BCUT2D eigenvalue weighted by Gasteiger charge is 2.26. The maximum Gasteiger partial charge on any atom is 0.306 e. The summed E-state index contributed by atoms with van der Waals surface area (Å²) in [7, 11) is 1.65. The minimum atomic E-state index is -0.696. The third kappa shape index (κ3) is 2.51. The largest absolute Gasteiger partial charge is 0.496 e. The van der Waals surface area contributed by atoms with Gasteiger partial charge >= 0.3 is 5.97 Å². The van der Waals surface area contributed by atoms with Crippen molar-refractivity contribution in [2.45, 2.75) is 12.8 Å². The van der Waals surface area contributed by atoms with E-state index in [1.165, 1.54) is 0 Å². The molecule has 5 heteroatoms. The number of fused-ring (bicyclic) bond motifs is 1. The SMILES string of the molecule is COc1cccc2ccnc(N3CCC(C(=O)O)CC3)c12. The molecule has 3 rings (SSSR count). The Bertz CT molecular complexity index is 658. The molecule has 0 unspecified atom stereocenters. The van der Waals surface area contributed by atoms with E-state index in [0.717, 1.165) is 22.3 Å². The van der Waals surface area contributed by atoms with Crippen molar-refractivity contribution in [1.29, 1.82) is 0 Å². The van der Waals surface area contributed by atoms with Gasteiger partial charge in [-0.05, 0) is 30.4 Å². The van der Waals surface area contributed by atoms with Gasteiger partial charge in [0, 0.05) is 19.3 Å². The molecule has 0 aliphatic carbocycles. The number of anilines is 1. The van der Waals surface area contributed by atoms with Crippen LogP contribution in [0.15, 0.2) is 30.5 Å². The highest BCUT2D eigenvalue weighted by Crippen LogP contribution is 2.34. The standard InChI is InChI=1S/C16H18N2O3/c1-21-13-4-2-3-11-5-8-17-15(14(11)13)18-9-6-12(7-10-18)16(19)20/h2-5,8,12H,6-7,9-10H2,1H3,(H,19,20). The Hall–Kier alpha value is -2.30. The fourth-order valence-electron chi connectivity index (χ4n) is 2.93. The second kappa shape index (κ2) is 5.60. The number of ether oxygens (including phenoxy) is 1. The molecule has 5 nitrogen and oxygen atoms in total. The molecule has 1 aliphatic rings. The first-order valence-electron chi connectivity index (χ1n) is 7.10. The average Bonchev–Trinajstić information content (AvgIpc) is 2.53. The molecule has 21 heavy (non-hydrogen) atoms. The number of hydrogen-bond acceptors (Lipinski definition) is 4. The fourth-order valence-corrected chi connectivity index (χ4v) is 2.93. The molecule has 2 aromatic rings. The Morgan fingerprint density at radius 3 is 2.76 bits per heavy atom. The molecule has 1 aliphatic heterocycles. The van der Waals surface area contributed by atoms with E-state index in [2.05, 4.69) is 9.88 Å². The molecule has 110 valence electrons. The summed E-state index contributed by atoms with van der Waals surface area (Å²) < 4.78 is 5.46. The van der Waals surface area contributed by atoms with Crippen LogP contribution in [-0.2, 0) is 4.79 Å². The molecule has 2 heterocycles. The second-order valence-electron chi connectivity index (χ2n) is 5.29. The third-order valence-corrected chi connectivity index (χ3v) is 4.10. The van der Waals surface area contributed by atoms with Gasteiger partial charge < -0.3 is 14.7 Å². The number of carbonyl (C=O) groups is 1. The van der Waals surface area contributed by atoms with Gasteiger partial charge in [-0.15, -0.1) is 0 Å². The van der Waals surface area contributed by atoms with Crippen LogP contribution in [-0.4, -0.2) is 36.3 Å². The van der Waals surface area contributed by atoms with Crippen molar-refractivity contribution in [1.82, 2.24) is 4.98 Å². The van der Waals surface area contributed by atoms with Crippen molar-refractivity contribution in [3.63, 3.8) is 0 Å². The van der Waals surface area contributed by atoms with Crippen LogP contribution in [0.1, 0.15) is 12.8 Å². The summed E-state index contributed by atoms with van der Waals surface area (Å²) in [6.45, 7) is 1.42. The number of aliphatic carboxylic acids is 1. The van der Waals surface area contributed by atoms with Gasteiger partial charge in [0.2, 0.25) is 0 Å². The van der Waals surface area contributed by atoms with Crippen LogP contribution in [0.3, 0.4) is 0 Å². The van der Waals surface area contributed by atoms with Crippen LogP contribution in [0.4, 0.5) is 5.82 Å². The molecule has 1 aromatic carbocycles. The Labute approximate surface area is 123 Å². The molecule has 0 atom stereocenters. The molecular formula is C16H18N2O3.